The average molecular weight is 388 g/mol. The molecule has 6 heteroatoms. The summed E-state index contributed by atoms with van der Waals surface area (Å²) in [6, 6.07) is 6.54. The molecule has 1 N–H and O–H groups in total. The third-order valence-electron chi connectivity index (χ3n) is 6.73. The first kappa shape index (κ1) is 19.5. The fourth-order valence-corrected chi connectivity index (χ4v) is 5.10. The van der Waals surface area contributed by atoms with Gasteiger partial charge in [-0.1, -0.05) is 12.8 Å². The maximum absolute atomic E-state index is 13.0. The number of fused-ring (bicyclic) bond motifs is 1. The van der Waals surface area contributed by atoms with Gasteiger partial charge in [0.05, 0.1) is 20.3 Å². The monoisotopic (exact) mass is 387 g/mol. The van der Waals surface area contributed by atoms with Crippen LogP contribution >= 0.6 is 0 Å². The number of hydrogen-bond acceptors (Lipinski definition) is 5. The summed E-state index contributed by atoms with van der Waals surface area (Å²) < 4.78 is 10.9. The van der Waals surface area contributed by atoms with Crippen LogP contribution in [0.1, 0.15) is 37.7 Å². The van der Waals surface area contributed by atoms with Crippen LogP contribution in [0.25, 0.3) is 0 Å². The Morgan fingerprint density at radius 1 is 1.11 bits per heavy atom. The first-order chi connectivity index (χ1) is 13.7. The van der Waals surface area contributed by atoms with Crippen molar-refractivity contribution in [3.8, 4) is 11.5 Å². The molecule has 3 unspecified atom stereocenters. The van der Waals surface area contributed by atoms with Gasteiger partial charge in [-0.3, -0.25) is 9.69 Å². The first-order valence-electron chi connectivity index (χ1n) is 10.7. The Morgan fingerprint density at radius 2 is 1.89 bits per heavy atom. The molecular formula is C22H33N3O3. The van der Waals surface area contributed by atoms with Gasteiger partial charge in [-0.25, -0.2) is 0 Å². The van der Waals surface area contributed by atoms with E-state index in [0.29, 0.717) is 17.9 Å². The second-order valence-electron chi connectivity index (χ2n) is 8.39. The Kier molecular flexibility index (Phi) is 6.07. The Morgan fingerprint density at radius 3 is 2.61 bits per heavy atom. The van der Waals surface area contributed by atoms with Crippen molar-refractivity contribution in [1.29, 1.82) is 0 Å². The molecule has 3 aliphatic rings. The number of hydrogen-bond donors (Lipinski definition) is 1. The molecule has 0 radical (unpaired) electrons. The van der Waals surface area contributed by atoms with E-state index in [-0.39, 0.29) is 6.04 Å². The molecule has 154 valence electrons. The second-order valence-corrected chi connectivity index (χ2v) is 8.39. The lowest BCUT2D eigenvalue weighted by Crippen LogP contribution is -2.53. The van der Waals surface area contributed by atoms with Crippen molar-refractivity contribution in [1.82, 2.24) is 15.1 Å². The largest absolute Gasteiger partial charge is 0.497 e. The maximum atomic E-state index is 13.0. The van der Waals surface area contributed by atoms with Crippen LogP contribution in [0.2, 0.25) is 0 Å². The molecule has 1 amide bonds. The number of nitrogens with one attached hydrogen (secondary N) is 1. The highest BCUT2D eigenvalue weighted by molar-refractivity contribution is 5.82. The Labute approximate surface area is 168 Å². The zero-order valence-corrected chi connectivity index (χ0v) is 17.2. The van der Waals surface area contributed by atoms with E-state index in [4.69, 9.17) is 9.47 Å². The number of piperazine rings is 1. The number of carbonyl (C=O) groups is 1. The van der Waals surface area contributed by atoms with Crippen molar-refractivity contribution in [3.05, 3.63) is 23.8 Å². The number of nitrogens with zero attached hydrogens (tertiary/aromatic N) is 2. The highest BCUT2D eigenvalue weighted by atomic mass is 16.5. The summed E-state index contributed by atoms with van der Waals surface area (Å²) in [7, 11) is 3.39. The van der Waals surface area contributed by atoms with E-state index >= 15 is 0 Å². The number of benzene rings is 1. The average Bonchev–Trinajstić information content (AvgIpc) is 3.18. The Hall–Kier alpha value is -1.79. The molecule has 2 aliphatic heterocycles. The van der Waals surface area contributed by atoms with E-state index in [0.717, 1.165) is 56.2 Å². The lowest BCUT2D eigenvalue weighted by molar-refractivity contribution is -0.135. The van der Waals surface area contributed by atoms with Crippen molar-refractivity contribution in [2.45, 2.75) is 50.7 Å². The van der Waals surface area contributed by atoms with Gasteiger partial charge in [-0.15, -0.1) is 0 Å². The van der Waals surface area contributed by atoms with Gasteiger partial charge in [-0.05, 0) is 43.4 Å². The van der Waals surface area contributed by atoms with Crippen LogP contribution in [-0.4, -0.2) is 68.2 Å². The molecule has 0 bridgehead atoms. The van der Waals surface area contributed by atoms with Gasteiger partial charge in [-0.2, -0.15) is 0 Å². The van der Waals surface area contributed by atoms with Gasteiger partial charge in [0.2, 0.25) is 5.91 Å². The topological polar surface area (TPSA) is 54.0 Å². The van der Waals surface area contributed by atoms with Gasteiger partial charge < -0.3 is 19.7 Å². The SMILES string of the molecule is COc1ccc(OC)c(CN2CCN(C(=O)C3CC4CCCCC4N3)CC2)c1. The van der Waals surface area contributed by atoms with Crippen molar-refractivity contribution in [3.63, 3.8) is 0 Å². The minimum Gasteiger partial charge on any atom is -0.497 e. The summed E-state index contributed by atoms with van der Waals surface area (Å²) in [6.07, 6.45) is 6.20. The number of rotatable bonds is 5. The van der Waals surface area contributed by atoms with Gasteiger partial charge in [0.15, 0.2) is 0 Å². The quantitative estimate of drug-likeness (QED) is 0.840. The third kappa shape index (κ3) is 4.13. The highest BCUT2D eigenvalue weighted by Gasteiger charge is 2.40. The molecular weight excluding hydrogens is 354 g/mol. The molecule has 2 saturated heterocycles. The van der Waals surface area contributed by atoms with Crippen LogP contribution in [0.5, 0.6) is 11.5 Å². The van der Waals surface area contributed by atoms with E-state index in [1.807, 2.05) is 18.2 Å². The normalized spacial score (nSPS) is 28.1. The standard InChI is InChI=1S/C22H33N3O3/c1-27-18-7-8-21(28-2)17(13-18)15-24-9-11-25(12-10-24)22(26)20-14-16-5-3-4-6-19(16)23-20/h7-8,13,16,19-20,23H,3-6,9-12,14-15H2,1-2H3. The van der Waals surface area contributed by atoms with Crippen molar-refractivity contribution >= 4 is 5.91 Å². The van der Waals surface area contributed by atoms with Crippen LogP contribution in [0, 0.1) is 5.92 Å². The molecule has 0 spiro atoms. The van der Waals surface area contributed by atoms with Crippen molar-refractivity contribution in [2.75, 3.05) is 40.4 Å². The van der Waals surface area contributed by atoms with E-state index in [9.17, 15) is 4.79 Å². The first-order valence-corrected chi connectivity index (χ1v) is 10.7. The van der Waals surface area contributed by atoms with E-state index in [2.05, 4.69) is 15.1 Å². The van der Waals surface area contributed by atoms with Gasteiger partial charge in [0.25, 0.3) is 0 Å². The van der Waals surface area contributed by atoms with E-state index in [1.54, 1.807) is 14.2 Å². The summed E-state index contributed by atoms with van der Waals surface area (Å²) >= 11 is 0. The van der Waals surface area contributed by atoms with Crippen LogP contribution < -0.4 is 14.8 Å². The minimum absolute atomic E-state index is 0.0399. The van der Waals surface area contributed by atoms with Gasteiger partial charge in [0, 0.05) is 44.3 Å². The summed E-state index contributed by atoms with van der Waals surface area (Å²) in [5.41, 5.74) is 1.13. The lowest BCUT2D eigenvalue weighted by Gasteiger charge is -2.36. The number of carbonyl (C=O) groups excluding carboxylic acids is 1. The maximum Gasteiger partial charge on any atom is 0.239 e. The summed E-state index contributed by atoms with van der Waals surface area (Å²) in [5.74, 6) is 2.76. The molecule has 1 aliphatic carbocycles. The fraction of sp³-hybridized carbons (Fsp3) is 0.682. The van der Waals surface area contributed by atoms with Crippen molar-refractivity contribution in [2.24, 2.45) is 5.92 Å². The van der Waals surface area contributed by atoms with E-state index in [1.165, 1.54) is 25.7 Å². The molecule has 4 rings (SSSR count). The second kappa shape index (κ2) is 8.70. The van der Waals surface area contributed by atoms with E-state index < -0.39 is 0 Å². The number of ether oxygens (including phenoxy) is 2. The Bertz CT molecular complexity index is 674. The molecule has 3 fully saturated rings. The Balaban J connectivity index is 1.31. The molecule has 0 aromatic heterocycles. The predicted molar refractivity (Wildman–Crippen MR) is 109 cm³/mol. The van der Waals surface area contributed by atoms with Gasteiger partial charge in [0.1, 0.15) is 11.5 Å². The van der Waals surface area contributed by atoms with Crippen molar-refractivity contribution < 1.29 is 14.3 Å². The van der Waals surface area contributed by atoms with Crippen LogP contribution in [-0.2, 0) is 11.3 Å². The predicted octanol–water partition coefficient (Wildman–Crippen LogP) is 2.27. The molecule has 1 aromatic rings. The molecule has 28 heavy (non-hydrogen) atoms. The molecule has 1 saturated carbocycles. The molecule has 6 nitrogen and oxygen atoms in total. The number of methoxy groups -OCH3 is 2. The molecule has 1 aromatic carbocycles. The van der Waals surface area contributed by atoms with Crippen LogP contribution in [0.15, 0.2) is 18.2 Å². The molecule has 3 atom stereocenters. The van der Waals surface area contributed by atoms with Gasteiger partial charge >= 0.3 is 0 Å². The smallest absolute Gasteiger partial charge is 0.239 e. The molecule has 2 heterocycles. The minimum atomic E-state index is 0.0399. The highest BCUT2D eigenvalue weighted by Crippen LogP contribution is 2.34. The lowest BCUT2D eigenvalue weighted by atomic mass is 9.85. The summed E-state index contributed by atoms with van der Waals surface area (Å²) in [5, 5.41) is 3.63. The van der Waals surface area contributed by atoms with Crippen LogP contribution in [0.3, 0.4) is 0 Å². The third-order valence-corrected chi connectivity index (χ3v) is 6.73. The zero-order valence-electron chi connectivity index (χ0n) is 17.2. The van der Waals surface area contributed by atoms with Crippen LogP contribution in [0.4, 0.5) is 0 Å². The fourth-order valence-electron chi connectivity index (χ4n) is 5.10. The number of amides is 1. The summed E-state index contributed by atoms with van der Waals surface area (Å²) in [4.78, 5) is 17.5. The summed E-state index contributed by atoms with van der Waals surface area (Å²) in [6.45, 7) is 4.21. The zero-order chi connectivity index (χ0) is 19.5.